The van der Waals surface area contributed by atoms with Crippen molar-refractivity contribution in [2.24, 2.45) is 5.73 Å². The van der Waals surface area contributed by atoms with E-state index in [4.69, 9.17) is 10.3 Å². The third-order valence-corrected chi connectivity index (χ3v) is 4.01. The van der Waals surface area contributed by atoms with Crippen molar-refractivity contribution in [3.05, 3.63) is 47.6 Å². The van der Waals surface area contributed by atoms with E-state index in [0.29, 0.717) is 18.4 Å². The summed E-state index contributed by atoms with van der Waals surface area (Å²) < 4.78 is 5.26. The van der Waals surface area contributed by atoms with Crippen molar-refractivity contribution >= 4 is 0 Å². The van der Waals surface area contributed by atoms with Crippen LogP contribution in [-0.2, 0) is 6.54 Å². The second-order valence-electron chi connectivity index (χ2n) is 6.08. The first kappa shape index (κ1) is 14.2. The van der Waals surface area contributed by atoms with Gasteiger partial charge in [0.15, 0.2) is 5.82 Å². The number of nitrogens with two attached hydrogens (primary N) is 1. The normalized spacial score (nSPS) is 23.0. The van der Waals surface area contributed by atoms with E-state index in [1.54, 1.807) is 0 Å². The van der Waals surface area contributed by atoms with Gasteiger partial charge < -0.3 is 10.3 Å². The van der Waals surface area contributed by atoms with Crippen LogP contribution in [0.25, 0.3) is 0 Å². The maximum Gasteiger partial charge on any atom is 0.229 e. The number of rotatable bonds is 4. The van der Waals surface area contributed by atoms with Gasteiger partial charge in [0.05, 0.1) is 6.54 Å². The molecule has 5 nitrogen and oxygen atoms in total. The van der Waals surface area contributed by atoms with Crippen LogP contribution in [-0.4, -0.2) is 34.2 Å². The molecule has 0 bridgehead atoms. The van der Waals surface area contributed by atoms with Gasteiger partial charge in [0.25, 0.3) is 0 Å². The van der Waals surface area contributed by atoms with Crippen LogP contribution in [0, 0.1) is 0 Å². The van der Waals surface area contributed by atoms with Crippen LogP contribution in [0.3, 0.4) is 0 Å². The highest BCUT2D eigenvalue weighted by molar-refractivity contribution is 5.23. The van der Waals surface area contributed by atoms with Gasteiger partial charge in [0, 0.05) is 31.0 Å². The molecule has 5 heteroatoms. The van der Waals surface area contributed by atoms with Crippen LogP contribution in [0.1, 0.15) is 43.0 Å². The number of hydrogen-bond donors (Lipinski definition) is 1. The lowest BCUT2D eigenvalue weighted by atomic mass is 9.95. The van der Waals surface area contributed by atoms with E-state index >= 15 is 0 Å². The molecule has 2 aromatic rings. The van der Waals surface area contributed by atoms with Gasteiger partial charge >= 0.3 is 0 Å². The van der Waals surface area contributed by atoms with E-state index in [9.17, 15) is 0 Å². The summed E-state index contributed by atoms with van der Waals surface area (Å²) in [6, 6.07) is 10.6. The van der Waals surface area contributed by atoms with E-state index in [0.717, 1.165) is 18.9 Å². The van der Waals surface area contributed by atoms with E-state index in [1.165, 1.54) is 5.56 Å². The van der Waals surface area contributed by atoms with Gasteiger partial charge in [-0.05, 0) is 5.56 Å². The molecule has 0 radical (unpaired) electrons. The van der Waals surface area contributed by atoms with Crippen molar-refractivity contribution in [3.63, 3.8) is 0 Å². The van der Waals surface area contributed by atoms with Crippen molar-refractivity contribution in [2.75, 3.05) is 13.1 Å². The molecule has 3 rings (SSSR count). The summed E-state index contributed by atoms with van der Waals surface area (Å²) >= 11 is 0. The summed E-state index contributed by atoms with van der Waals surface area (Å²) in [6.45, 7) is 6.61. The molecule has 0 spiro atoms. The quantitative estimate of drug-likeness (QED) is 0.932. The van der Waals surface area contributed by atoms with Crippen molar-refractivity contribution in [1.29, 1.82) is 0 Å². The molecule has 1 aliphatic rings. The summed E-state index contributed by atoms with van der Waals surface area (Å²) in [6.07, 6.45) is 0. The fraction of sp³-hybridized carbons (Fsp3) is 0.500. The Kier molecular flexibility index (Phi) is 4.03. The molecule has 1 aromatic heterocycles. The van der Waals surface area contributed by atoms with Crippen LogP contribution in [0.2, 0.25) is 0 Å². The second kappa shape index (κ2) is 5.95. The fourth-order valence-corrected chi connectivity index (χ4v) is 2.86. The lowest BCUT2D eigenvalue weighted by Crippen LogP contribution is -2.28. The van der Waals surface area contributed by atoms with Crippen molar-refractivity contribution < 1.29 is 4.52 Å². The molecule has 0 amide bonds. The molecule has 1 fully saturated rings. The maximum absolute atomic E-state index is 6.30. The highest BCUT2D eigenvalue weighted by Gasteiger charge is 2.31. The van der Waals surface area contributed by atoms with E-state index in [1.807, 2.05) is 6.07 Å². The van der Waals surface area contributed by atoms with Crippen LogP contribution >= 0.6 is 0 Å². The topological polar surface area (TPSA) is 68.2 Å². The minimum atomic E-state index is 0.156. The van der Waals surface area contributed by atoms with E-state index in [-0.39, 0.29) is 12.0 Å². The van der Waals surface area contributed by atoms with Gasteiger partial charge in [-0.3, -0.25) is 4.90 Å². The molecule has 21 heavy (non-hydrogen) atoms. The average Bonchev–Trinajstić information content (AvgIpc) is 3.07. The predicted octanol–water partition coefficient (Wildman–Crippen LogP) is 2.12. The van der Waals surface area contributed by atoms with Crippen LogP contribution in [0.15, 0.2) is 34.9 Å². The Labute approximate surface area is 125 Å². The molecular formula is C16H22N4O. The zero-order valence-corrected chi connectivity index (χ0v) is 12.6. The molecule has 1 saturated heterocycles. The monoisotopic (exact) mass is 286 g/mol. The highest BCUT2D eigenvalue weighted by atomic mass is 16.5. The number of aromatic nitrogens is 2. The zero-order valence-electron chi connectivity index (χ0n) is 12.6. The molecule has 2 heterocycles. The van der Waals surface area contributed by atoms with Gasteiger partial charge in [-0.2, -0.15) is 4.98 Å². The lowest BCUT2D eigenvalue weighted by Gasteiger charge is -2.14. The van der Waals surface area contributed by atoms with Gasteiger partial charge in [-0.25, -0.2) is 0 Å². The fourth-order valence-electron chi connectivity index (χ4n) is 2.86. The first-order valence-electron chi connectivity index (χ1n) is 7.49. The number of benzene rings is 1. The van der Waals surface area contributed by atoms with Crippen LogP contribution < -0.4 is 5.73 Å². The summed E-state index contributed by atoms with van der Waals surface area (Å²) in [5, 5.41) is 4.06. The Hall–Kier alpha value is -1.72. The summed E-state index contributed by atoms with van der Waals surface area (Å²) in [7, 11) is 0. The van der Waals surface area contributed by atoms with E-state index < -0.39 is 0 Å². The minimum absolute atomic E-state index is 0.156. The minimum Gasteiger partial charge on any atom is -0.339 e. The average molecular weight is 286 g/mol. The van der Waals surface area contributed by atoms with Crippen LogP contribution in [0.5, 0.6) is 0 Å². The molecule has 1 aliphatic heterocycles. The Morgan fingerprint density at radius 3 is 2.71 bits per heavy atom. The summed E-state index contributed by atoms with van der Waals surface area (Å²) in [5.41, 5.74) is 7.61. The SMILES string of the molecule is CC(C)c1nc(CN2C[C@@H](N)[C@H](c3ccccc3)C2)no1. The third kappa shape index (κ3) is 3.14. The molecule has 2 atom stereocenters. The van der Waals surface area contributed by atoms with Crippen molar-refractivity contribution in [1.82, 2.24) is 15.0 Å². The van der Waals surface area contributed by atoms with Gasteiger partial charge in [0.2, 0.25) is 5.89 Å². The standard InChI is InChI=1S/C16H22N4O/c1-11(2)16-18-15(19-21-16)10-20-8-13(14(17)9-20)12-6-4-3-5-7-12/h3-7,11,13-14H,8-10,17H2,1-2H3/t13-,14+/m0/s1. The van der Waals surface area contributed by atoms with E-state index in [2.05, 4.69) is 53.2 Å². The maximum atomic E-state index is 6.30. The van der Waals surface area contributed by atoms with Gasteiger partial charge in [-0.15, -0.1) is 0 Å². The smallest absolute Gasteiger partial charge is 0.229 e. The second-order valence-corrected chi connectivity index (χ2v) is 6.08. The summed E-state index contributed by atoms with van der Waals surface area (Å²) in [4.78, 5) is 6.74. The summed E-state index contributed by atoms with van der Waals surface area (Å²) in [5.74, 6) is 2.10. The van der Waals surface area contributed by atoms with Gasteiger partial charge in [0.1, 0.15) is 0 Å². The molecule has 0 aliphatic carbocycles. The molecule has 1 aromatic carbocycles. The predicted molar refractivity (Wildman–Crippen MR) is 80.8 cm³/mol. The van der Waals surface area contributed by atoms with Gasteiger partial charge in [-0.1, -0.05) is 49.3 Å². The van der Waals surface area contributed by atoms with Crippen LogP contribution in [0.4, 0.5) is 0 Å². The number of nitrogens with zero attached hydrogens (tertiary/aromatic N) is 3. The number of hydrogen-bond acceptors (Lipinski definition) is 5. The highest BCUT2D eigenvalue weighted by Crippen LogP contribution is 2.27. The largest absolute Gasteiger partial charge is 0.339 e. The van der Waals surface area contributed by atoms with Crippen molar-refractivity contribution in [2.45, 2.75) is 38.3 Å². The molecule has 2 N–H and O–H groups in total. The molecular weight excluding hydrogens is 264 g/mol. The first-order valence-corrected chi connectivity index (χ1v) is 7.49. The Balaban J connectivity index is 1.65. The van der Waals surface area contributed by atoms with Crippen molar-refractivity contribution in [3.8, 4) is 0 Å². The zero-order chi connectivity index (χ0) is 14.8. The lowest BCUT2D eigenvalue weighted by molar-refractivity contribution is 0.302. The first-order chi connectivity index (χ1) is 10.1. The third-order valence-electron chi connectivity index (χ3n) is 4.01. The Morgan fingerprint density at radius 1 is 1.29 bits per heavy atom. The molecule has 0 saturated carbocycles. The molecule has 112 valence electrons. The molecule has 0 unspecified atom stereocenters. The Bertz CT molecular complexity index is 581. The number of likely N-dealkylation sites (tertiary alicyclic amines) is 1. The Morgan fingerprint density at radius 2 is 2.05 bits per heavy atom.